The molecule has 1 aliphatic heterocycles. The summed E-state index contributed by atoms with van der Waals surface area (Å²) >= 11 is 0. The number of nitrogen functional groups attached to an aromatic ring is 1. The van der Waals surface area contributed by atoms with Gasteiger partial charge in [-0.2, -0.15) is 0 Å². The summed E-state index contributed by atoms with van der Waals surface area (Å²) in [5.41, 5.74) is 7.37. The molecule has 0 saturated heterocycles. The smallest absolute Gasteiger partial charge is 0.405 e. The van der Waals surface area contributed by atoms with Crippen molar-refractivity contribution in [1.29, 1.82) is 0 Å². The number of rotatable bonds is 6. The van der Waals surface area contributed by atoms with Gasteiger partial charge in [0, 0.05) is 30.5 Å². The number of pyridine rings is 1. The molecular weight excluding hydrogens is 515 g/mol. The van der Waals surface area contributed by atoms with Crippen molar-refractivity contribution < 1.29 is 27.5 Å². The van der Waals surface area contributed by atoms with E-state index in [0.717, 1.165) is 18.9 Å². The zero-order chi connectivity index (χ0) is 27.5. The van der Waals surface area contributed by atoms with Gasteiger partial charge in [-0.15, -0.1) is 18.3 Å². The first kappa shape index (κ1) is 24.6. The molecule has 13 heteroatoms. The molecule has 1 saturated carbocycles. The molecule has 4 aromatic rings. The molecule has 0 radical (unpaired) electrons. The lowest BCUT2D eigenvalue weighted by Gasteiger charge is -2.24. The maximum absolute atomic E-state index is 13.4. The number of ether oxygens (including phenoxy) is 1. The average molecular weight is 538 g/mol. The van der Waals surface area contributed by atoms with Crippen LogP contribution in [0.3, 0.4) is 0 Å². The molecule has 2 amide bonds. The minimum Gasteiger partial charge on any atom is -0.405 e. The molecule has 39 heavy (non-hydrogen) atoms. The van der Waals surface area contributed by atoms with Gasteiger partial charge in [-0.3, -0.25) is 14.6 Å². The zero-order valence-corrected chi connectivity index (χ0v) is 20.6. The number of nitrogens with one attached hydrogen (secondary N) is 1. The standard InChI is InChI=1S/C26H22F3N7O3/c1-13(14-4-5-14)35-12-16-9-15(10-19(20(16)25(35)38)39-26(27,28)29)18-6-8-36-23(33-18)21(22(30)34-36)24(37)32-17-3-2-7-31-11-17/h2-3,6-11,13-14H,4-5,12H2,1H3,(H2,30,34)(H,32,37). The van der Waals surface area contributed by atoms with Crippen LogP contribution < -0.4 is 15.8 Å². The van der Waals surface area contributed by atoms with Crippen LogP contribution in [-0.4, -0.2) is 48.7 Å². The van der Waals surface area contributed by atoms with Gasteiger partial charge in [0.1, 0.15) is 11.3 Å². The Kier molecular flexibility index (Phi) is 5.66. The fraction of sp³-hybridized carbons (Fsp3) is 0.269. The molecule has 4 heterocycles. The second-order valence-corrected chi connectivity index (χ2v) is 9.60. The highest BCUT2D eigenvalue weighted by molar-refractivity contribution is 6.11. The van der Waals surface area contributed by atoms with Gasteiger partial charge in [0.25, 0.3) is 11.8 Å². The number of halogens is 3. The number of anilines is 2. The van der Waals surface area contributed by atoms with E-state index in [4.69, 9.17) is 5.73 Å². The van der Waals surface area contributed by atoms with Gasteiger partial charge in [0.05, 0.1) is 23.1 Å². The molecule has 0 spiro atoms. The highest BCUT2D eigenvalue weighted by Gasteiger charge is 2.42. The molecule has 6 rings (SSSR count). The fourth-order valence-electron chi connectivity index (χ4n) is 4.91. The molecule has 3 N–H and O–H groups in total. The van der Waals surface area contributed by atoms with E-state index in [1.807, 2.05) is 6.92 Å². The SMILES string of the molecule is CC(C1CC1)N1Cc2cc(-c3ccn4nc(N)c(C(=O)Nc5cccnc5)c4n3)cc(OC(F)(F)F)c2C1=O. The maximum atomic E-state index is 13.4. The van der Waals surface area contributed by atoms with Crippen LogP contribution in [0.4, 0.5) is 24.7 Å². The number of carbonyl (C=O) groups excluding carboxylic acids is 2. The molecule has 1 aromatic carbocycles. The van der Waals surface area contributed by atoms with Crippen molar-refractivity contribution in [2.45, 2.75) is 38.7 Å². The summed E-state index contributed by atoms with van der Waals surface area (Å²) in [5, 5.41) is 6.80. The highest BCUT2D eigenvalue weighted by atomic mass is 19.4. The number of amides is 2. The van der Waals surface area contributed by atoms with Crippen LogP contribution in [0.1, 0.15) is 46.0 Å². The summed E-state index contributed by atoms with van der Waals surface area (Å²) in [6.45, 7) is 2.07. The molecule has 3 aromatic heterocycles. The largest absolute Gasteiger partial charge is 0.573 e. The highest BCUT2D eigenvalue weighted by Crippen LogP contribution is 2.42. The van der Waals surface area contributed by atoms with Crippen molar-refractivity contribution in [2.75, 3.05) is 11.1 Å². The van der Waals surface area contributed by atoms with E-state index in [1.54, 1.807) is 29.3 Å². The van der Waals surface area contributed by atoms with Gasteiger partial charge >= 0.3 is 6.36 Å². The van der Waals surface area contributed by atoms with E-state index in [-0.39, 0.29) is 46.4 Å². The third-order valence-corrected chi connectivity index (χ3v) is 6.98. The second kappa shape index (κ2) is 8.96. The lowest BCUT2D eigenvalue weighted by molar-refractivity contribution is -0.274. The molecule has 0 bridgehead atoms. The van der Waals surface area contributed by atoms with Gasteiger partial charge in [-0.1, -0.05) is 0 Å². The van der Waals surface area contributed by atoms with Gasteiger partial charge < -0.3 is 20.7 Å². The van der Waals surface area contributed by atoms with Crippen molar-refractivity contribution in [2.24, 2.45) is 5.92 Å². The van der Waals surface area contributed by atoms with Gasteiger partial charge in [0.2, 0.25) is 0 Å². The van der Waals surface area contributed by atoms with E-state index in [1.165, 1.54) is 23.0 Å². The number of alkyl halides is 3. The number of carbonyl (C=O) groups is 2. The second-order valence-electron chi connectivity index (χ2n) is 9.60. The van der Waals surface area contributed by atoms with Gasteiger partial charge in [-0.25, -0.2) is 9.50 Å². The summed E-state index contributed by atoms with van der Waals surface area (Å²) in [4.78, 5) is 36.2. The zero-order valence-electron chi connectivity index (χ0n) is 20.6. The van der Waals surface area contributed by atoms with Crippen LogP contribution in [0.2, 0.25) is 0 Å². The van der Waals surface area contributed by atoms with Crippen LogP contribution >= 0.6 is 0 Å². The minimum absolute atomic E-state index is 0.00626. The molecule has 1 atom stereocenters. The molecular formula is C26H22F3N7O3. The predicted molar refractivity (Wildman–Crippen MR) is 134 cm³/mol. The van der Waals surface area contributed by atoms with Crippen LogP contribution in [-0.2, 0) is 6.54 Å². The molecule has 1 unspecified atom stereocenters. The minimum atomic E-state index is -5.00. The van der Waals surface area contributed by atoms with Crippen LogP contribution in [0.5, 0.6) is 5.75 Å². The number of nitrogens with zero attached hydrogens (tertiary/aromatic N) is 5. The van der Waals surface area contributed by atoms with Crippen molar-refractivity contribution >= 4 is 29.0 Å². The van der Waals surface area contributed by atoms with Crippen LogP contribution in [0.25, 0.3) is 16.9 Å². The van der Waals surface area contributed by atoms with Crippen molar-refractivity contribution in [3.05, 3.63) is 65.6 Å². The van der Waals surface area contributed by atoms with E-state index in [9.17, 15) is 22.8 Å². The third kappa shape index (κ3) is 4.60. The van der Waals surface area contributed by atoms with E-state index >= 15 is 0 Å². The summed E-state index contributed by atoms with van der Waals surface area (Å²) in [6, 6.07) is 7.50. The Labute approximate surface area is 219 Å². The third-order valence-electron chi connectivity index (χ3n) is 6.98. The Morgan fingerprint density at radius 1 is 1.26 bits per heavy atom. The molecule has 1 fully saturated rings. The number of benzene rings is 1. The Hall–Kier alpha value is -4.68. The monoisotopic (exact) mass is 537 g/mol. The first-order chi connectivity index (χ1) is 18.6. The number of nitrogens with two attached hydrogens (primary N) is 1. The number of aromatic nitrogens is 4. The normalized spacial score (nSPS) is 15.9. The van der Waals surface area contributed by atoms with Gasteiger partial charge in [0.15, 0.2) is 11.5 Å². The van der Waals surface area contributed by atoms with Gasteiger partial charge in [-0.05, 0) is 61.6 Å². The lowest BCUT2D eigenvalue weighted by atomic mass is 10.0. The summed E-state index contributed by atoms with van der Waals surface area (Å²) in [5.74, 6) is -1.40. The van der Waals surface area contributed by atoms with Crippen molar-refractivity contribution in [3.8, 4) is 17.0 Å². The number of hydrogen-bond donors (Lipinski definition) is 2. The summed E-state index contributed by atoms with van der Waals surface area (Å²) in [7, 11) is 0. The molecule has 1 aliphatic carbocycles. The Balaban J connectivity index is 1.41. The van der Waals surface area contributed by atoms with E-state index in [0.29, 0.717) is 17.2 Å². The average Bonchev–Trinajstić information content (AvgIpc) is 3.60. The first-order valence-corrected chi connectivity index (χ1v) is 12.2. The fourth-order valence-corrected chi connectivity index (χ4v) is 4.91. The lowest BCUT2D eigenvalue weighted by Crippen LogP contribution is -2.34. The van der Waals surface area contributed by atoms with Crippen LogP contribution in [0.15, 0.2) is 48.9 Å². The quantitative estimate of drug-likeness (QED) is 0.376. The van der Waals surface area contributed by atoms with Crippen molar-refractivity contribution in [3.63, 3.8) is 0 Å². The summed E-state index contributed by atoms with van der Waals surface area (Å²) in [6.07, 6.45) is 1.47. The topological polar surface area (TPSA) is 128 Å². The predicted octanol–water partition coefficient (Wildman–Crippen LogP) is 4.28. The molecule has 10 nitrogen and oxygen atoms in total. The summed E-state index contributed by atoms with van der Waals surface area (Å²) < 4.78 is 45.7. The van der Waals surface area contributed by atoms with E-state index < -0.39 is 23.9 Å². The van der Waals surface area contributed by atoms with Crippen molar-refractivity contribution in [1.82, 2.24) is 24.5 Å². The molecule has 200 valence electrons. The Morgan fingerprint density at radius 3 is 2.74 bits per heavy atom. The van der Waals surface area contributed by atoms with E-state index in [2.05, 4.69) is 25.1 Å². The number of fused-ring (bicyclic) bond motifs is 2. The Morgan fingerprint density at radius 2 is 2.05 bits per heavy atom. The molecule has 2 aliphatic rings. The Bertz CT molecular complexity index is 1620. The maximum Gasteiger partial charge on any atom is 0.573 e. The van der Waals surface area contributed by atoms with Crippen LogP contribution in [0, 0.1) is 5.92 Å². The number of hydrogen-bond acceptors (Lipinski definition) is 7. The first-order valence-electron chi connectivity index (χ1n) is 12.2.